The Bertz CT molecular complexity index is 1120. The van der Waals surface area contributed by atoms with E-state index in [2.05, 4.69) is 10.6 Å². The molecular weight excluding hydrogens is 421 g/mol. The highest BCUT2D eigenvalue weighted by Crippen LogP contribution is 2.54. The molecule has 2 aromatic carbocycles. The second kappa shape index (κ2) is 6.87. The molecule has 0 aromatic heterocycles. The summed E-state index contributed by atoms with van der Waals surface area (Å²) in [6.07, 6.45) is 0. The fourth-order valence-electron chi connectivity index (χ4n) is 5.27. The summed E-state index contributed by atoms with van der Waals surface area (Å²) in [5, 5.41) is 6.66. The zero-order valence-corrected chi connectivity index (χ0v) is 17.7. The van der Waals surface area contributed by atoms with Gasteiger partial charge in [0.05, 0.1) is 18.4 Å². The predicted molar refractivity (Wildman–Crippen MR) is 112 cm³/mol. The standard InChI is InChI=1S/C23H21ClFN3O3/c1-11(2)19-17-18(21(30)28(20(17)29)10-12-3-6-14(25)7-4-12)23(27-19)15-9-13(24)5-8-16(15)26-22(23)31/h3-9,11,17-19,27H,10H2,1-2H3,(H,26,31). The summed E-state index contributed by atoms with van der Waals surface area (Å²) < 4.78 is 13.3. The van der Waals surface area contributed by atoms with Crippen molar-refractivity contribution >= 4 is 35.0 Å². The number of rotatable bonds is 3. The van der Waals surface area contributed by atoms with Crippen molar-refractivity contribution < 1.29 is 18.8 Å². The van der Waals surface area contributed by atoms with Gasteiger partial charge in [0.2, 0.25) is 17.7 Å². The van der Waals surface area contributed by atoms with E-state index in [1.807, 2.05) is 13.8 Å². The lowest BCUT2D eigenvalue weighted by Gasteiger charge is -2.30. The molecule has 3 amide bonds. The number of anilines is 1. The first-order valence-electron chi connectivity index (χ1n) is 10.2. The van der Waals surface area contributed by atoms with Crippen LogP contribution in [0.5, 0.6) is 0 Å². The monoisotopic (exact) mass is 441 g/mol. The number of fused-ring (bicyclic) bond motifs is 4. The van der Waals surface area contributed by atoms with Gasteiger partial charge in [-0.25, -0.2) is 4.39 Å². The number of likely N-dealkylation sites (tertiary alicyclic amines) is 1. The maximum Gasteiger partial charge on any atom is 0.250 e. The van der Waals surface area contributed by atoms with Crippen molar-refractivity contribution in [3.05, 3.63) is 64.4 Å². The fraction of sp³-hybridized carbons (Fsp3) is 0.348. The third kappa shape index (κ3) is 2.76. The number of nitrogens with zero attached hydrogens (tertiary/aromatic N) is 1. The Balaban J connectivity index is 1.61. The second-order valence-corrected chi connectivity index (χ2v) is 9.20. The van der Waals surface area contributed by atoms with Gasteiger partial charge in [-0.05, 0) is 41.8 Å². The Morgan fingerprint density at radius 2 is 1.81 bits per heavy atom. The largest absolute Gasteiger partial charge is 0.324 e. The lowest BCUT2D eigenvalue weighted by atomic mass is 9.76. The topological polar surface area (TPSA) is 78.5 Å². The molecule has 3 heterocycles. The number of carbonyl (C=O) groups excluding carboxylic acids is 3. The number of halogens is 2. The SMILES string of the molecule is CC(C)C1NC2(C(=O)Nc3ccc(Cl)cc32)C2C(=O)N(Cc3ccc(F)cc3)C(=O)C12. The van der Waals surface area contributed by atoms with Crippen LogP contribution < -0.4 is 10.6 Å². The molecule has 4 unspecified atom stereocenters. The summed E-state index contributed by atoms with van der Waals surface area (Å²) in [7, 11) is 0. The van der Waals surface area contributed by atoms with Crippen LogP contribution in [0.25, 0.3) is 0 Å². The number of amides is 3. The third-order valence-corrected chi connectivity index (χ3v) is 6.91. The lowest BCUT2D eigenvalue weighted by molar-refractivity contribution is -0.143. The minimum atomic E-state index is -1.36. The fourth-order valence-corrected chi connectivity index (χ4v) is 5.44. The average molecular weight is 442 g/mol. The summed E-state index contributed by atoms with van der Waals surface area (Å²) in [5.41, 5.74) is 0.463. The lowest BCUT2D eigenvalue weighted by Crippen LogP contribution is -2.53. The van der Waals surface area contributed by atoms with Crippen LogP contribution >= 0.6 is 11.6 Å². The zero-order valence-electron chi connectivity index (χ0n) is 17.0. The van der Waals surface area contributed by atoms with Gasteiger partial charge >= 0.3 is 0 Å². The maximum atomic E-state index is 13.6. The van der Waals surface area contributed by atoms with Crippen LogP contribution in [-0.4, -0.2) is 28.7 Å². The molecule has 0 radical (unpaired) electrons. The average Bonchev–Trinajstić information content (AvgIpc) is 3.31. The molecule has 31 heavy (non-hydrogen) atoms. The first-order chi connectivity index (χ1) is 14.7. The van der Waals surface area contributed by atoms with Gasteiger partial charge < -0.3 is 5.32 Å². The molecule has 0 aliphatic carbocycles. The van der Waals surface area contributed by atoms with E-state index in [9.17, 15) is 18.8 Å². The predicted octanol–water partition coefficient (Wildman–Crippen LogP) is 3.06. The first kappa shape index (κ1) is 20.2. The van der Waals surface area contributed by atoms with Gasteiger partial charge in [0.25, 0.3) is 0 Å². The molecule has 3 aliphatic heterocycles. The molecule has 6 nitrogen and oxygen atoms in total. The number of imide groups is 1. The Morgan fingerprint density at radius 3 is 2.48 bits per heavy atom. The normalized spacial score (nSPS) is 29.1. The van der Waals surface area contributed by atoms with Crippen LogP contribution in [0, 0.1) is 23.6 Å². The van der Waals surface area contributed by atoms with E-state index in [-0.39, 0.29) is 36.1 Å². The molecule has 0 saturated carbocycles. The van der Waals surface area contributed by atoms with Crippen molar-refractivity contribution in [3.8, 4) is 0 Å². The van der Waals surface area contributed by atoms with Crippen molar-refractivity contribution in [2.24, 2.45) is 17.8 Å². The number of carbonyl (C=O) groups is 3. The molecule has 2 fully saturated rings. The molecule has 5 rings (SSSR count). The number of nitrogens with one attached hydrogen (secondary N) is 2. The highest BCUT2D eigenvalue weighted by atomic mass is 35.5. The summed E-state index contributed by atoms with van der Waals surface area (Å²) >= 11 is 6.23. The van der Waals surface area contributed by atoms with Crippen LogP contribution in [0.1, 0.15) is 25.0 Å². The summed E-state index contributed by atoms with van der Waals surface area (Å²) in [4.78, 5) is 41.6. The summed E-state index contributed by atoms with van der Waals surface area (Å²) in [5.74, 6) is -3.02. The molecule has 2 saturated heterocycles. The van der Waals surface area contributed by atoms with Gasteiger partial charge in [-0.3, -0.25) is 24.6 Å². The van der Waals surface area contributed by atoms with Gasteiger partial charge in [-0.2, -0.15) is 0 Å². The van der Waals surface area contributed by atoms with Crippen LogP contribution in [0.4, 0.5) is 10.1 Å². The van der Waals surface area contributed by atoms with Crippen LogP contribution in [0.3, 0.4) is 0 Å². The molecule has 4 atom stereocenters. The van der Waals surface area contributed by atoms with E-state index in [1.165, 1.54) is 17.0 Å². The van der Waals surface area contributed by atoms with E-state index in [0.29, 0.717) is 21.8 Å². The van der Waals surface area contributed by atoms with Crippen molar-refractivity contribution in [1.29, 1.82) is 0 Å². The van der Waals surface area contributed by atoms with Gasteiger partial charge in [-0.15, -0.1) is 0 Å². The molecule has 3 aliphatic rings. The van der Waals surface area contributed by atoms with E-state index in [4.69, 9.17) is 11.6 Å². The first-order valence-corrected chi connectivity index (χ1v) is 10.6. The molecule has 2 aromatic rings. The second-order valence-electron chi connectivity index (χ2n) is 8.76. The van der Waals surface area contributed by atoms with E-state index >= 15 is 0 Å². The third-order valence-electron chi connectivity index (χ3n) is 6.68. The van der Waals surface area contributed by atoms with Gasteiger partial charge in [0, 0.05) is 22.3 Å². The van der Waals surface area contributed by atoms with E-state index < -0.39 is 23.3 Å². The Kier molecular flexibility index (Phi) is 4.46. The molecule has 0 bridgehead atoms. The Morgan fingerprint density at radius 1 is 1.10 bits per heavy atom. The van der Waals surface area contributed by atoms with Gasteiger partial charge in [-0.1, -0.05) is 37.6 Å². The number of hydrogen-bond acceptors (Lipinski definition) is 4. The van der Waals surface area contributed by atoms with Crippen LogP contribution in [0.15, 0.2) is 42.5 Å². The van der Waals surface area contributed by atoms with Crippen LogP contribution in [-0.2, 0) is 26.5 Å². The smallest absolute Gasteiger partial charge is 0.250 e. The molecule has 160 valence electrons. The van der Waals surface area contributed by atoms with Crippen molar-refractivity contribution in [2.45, 2.75) is 32.0 Å². The highest BCUT2D eigenvalue weighted by molar-refractivity contribution is 6.31. The van der Waals surface area contributed by atoms with E-state index in [0.717, 1.165) is 0 Å². The van der Waals surface area contributed by atoms with Crippen molar-refractivity contribution in [3.63, 3.8) is 0 Å². The van der Waals surface area contributed by atoms with Gasteiger partial charge in [0.15, 0.2) is 0 Å². The number of benzene rings is 2. The summed E-state index contributed by atoms with van der Waals surface area (Å²) in [6, 6.07) is 10.4. The van der Waals surface area contributed by atoms with E-state index in [1.54, 1.807) is 30.3 Å². The molecular formula is C23H21ClFN3O3. The summed E-state index contributed by atoms with van der Waals surface area (Å²) in [6.45, 7) is 3.95. The van der Waals surface area contributed by atoms with Crippen LogP contribution in [0.2, 0.25) is 5.02 Å². The highest BCUT2D eigenvalue weighted by Gasteiger charge is 2.70. The minimum Gasteiger partial charge on any atom is -0.324 e. The Hall–Kier alpha value is -2.77. The quantitative estimate of drug-likeness (QED) is 0.717. The maximum absolute atomic E-state index is 13.6. The minimum absolute atomic E-state index is 0.00503. The van der Waals surface area contributed by atoms with Crippen molar-refractivity contribution in [2.75, 3.05) is 5.32 Å². The van der Waals surface area contributed by atoms with Crippen molar-refractivity contribution in [1.82, 2.24) is 10.2 Å². The molecule has 2 N–H and O–H groups in total. The number of hydrogen-bond donors (Lipinski definition) is 2. The molecule has 8 heteroatoms. The zero-order chi connectivity index (χ0) is 22.1. The van der Waals surface area contributed by atoms with Gasteiger partial charge in [0.1, 0.15) is 11.4 Å². The molecule has 1 spiro atoms. The Labute approximate surface area is 183 Å².